The van der Waals surface area contributed by atoms with E-state index in [1.807, 2.05) is 24.3 Å². The first kappa shape index (κ1) is 21.2. The quantitative estimate of drug-likeness (QED) is 0.531. The van der Waals surface area contributed by atoms with Crippen molar-refractivity contribution in [2.24, 2.45) is 0 Å². The molecule has 3 N–H and O–H groups in total. The Kier molecular flexibility index (Phi) is 5.81. The normalized spacial score (nSPS) is 19.2. The molecule has 1 aromatic heterocycles. The van der Waals surface area contributed by atoms with Crippen molar-refractivity contribution >= 4 is 34.1 Å². The topological polar surface area (TPSA) is 87.8 Å². The van der Waals surface area contributed by atoms with Crippen LogP contribution < -0.4 is 30.3 Å². The second-order valence-corrected chi connectivity index (χ2v) is 8.80. The number of carbonyl (C=O) groups excluding carboxylic acids is 1. The molecule has 0 radical (unpaired) electrons. The molecule has 8 heteroatoms. The highest BCUT2D eigenvalue weighted by Gasteiger charge is 2.23. The average Bonchev–Trinajstić information content (AvgIpc) is 3.27. The monoisotopic (exact) mass is 447 g/mol. The number of para-hydroxylation sites is 1. The lowest BCUT2D eigenvalue weighted by Gasteiger charge is -2.30. The van der Waals surface area contributed by atoms with Crippen LogP contribution in [-0.2, 0) is 0 Å². The van der Waals surface area contributed by atoms with Gasteiger partial charge in [-0.05, 0) is 43.9 Å². The molecule has 1 aliphatic carbocycles. The summed E-state index contributed by atoms with van der Waals surface area (Å²) in [6.45, 7) is 0.216. The second kappa shape index (κ2) is 9.05. The molecule has 0 saturated heterocycles. The molecule has 172 valence electrons. The number of anilines is 3. The number of aromatic nitrogens is 1. The first-order valence-corrected chi connectivity index (χ1v) is 11.4. The smallest absolute Gasteiger partial charge is 0.319 e. The van der Waals surface area contributed by atoms with Crippen LogP contribution in [0.25, 0.3) is 10.9 Å². The molecule has 5 rings (SSSR count). The Morgan fingerprint density at radius 3 is 2.55 bits per heavy atom. The van der Waals surface area contributed by atoms with E-state index in [1.165, 1.54) is 0 Å². The van der Waals surface area contributed by atoms with Crippen molar-refractivity contribution in [3.63, 3.8) is 0 Å². The number of hydrogen-bond donors (Lipinski definition) is 3. The number of benzene rings is 2. The fourth-order valence-corrected chi connectivity index (χ4v) is 4.52. The van der Waals surface area contributed by atoms with Gasteiger partial charge < -0.3 is 30.3 Å². The van der Waals surface area contributed by atoms with E-state index in [4.69, 9.17) is 14.5 Å². The molecule has 0 unspecified atom stereocenters. The van der Waals surface area contributed by atoms with E-state index in [2.05, 4.69) is 47.1 Å². The highest BCUT2D eigenvalue weighted by atomic mass is 16.7. The van der Waals surface area contributed by atoms with Crippen LogP contribution in [0.2, 0.25) is 0 Å². The maximum absolute atomic E-state index is 12.5. The molecule has 2 heterocycles. The van der Waals surface area contributed by atoms with Gasteiger partial charge in [0.1, 0.15) is 5.82 Å². The number of nitrogens with one attached hydrogen (secondary N) is 3. The summed E-state index contributed by atoms with van der Waals surface area (Å²) in [7, 11) is 4.11. The molecule has 2 aliphatic rings. The third-order valence-electron chi connectivity index (χ3n) is 6.22. The van der Waals surface area contributed by atoms with Crippen molar-refractivity contribution in [1.29, 1.82) is 0 Å². The van der Waals surface area contributed by atoms with E-state index >= 15 is 0 Å². The number of ether oxygens (including phenoxy) is 2. The Morgan fingerprint density at radius 2 is 1.73 bits per heavy atom. The summed E-state index contributed by atoms with van der Waals surface area (Å²) in [6.07, 6.45) is 3.78. The Balaban J connectivity index is 1.15. The lowest BCUT2D eigenvalue weighted by atomic mass is 9.91. The van der Waals surface area contributed by atoms with Gasteiger partial charge >= 0.3 is 6.03 Å². The summed E-state index contributed by atoms with van der Waals surface area (Å²) >= 11 is 0. The van der Waals surface area contributed by atoms with Gasteiger partial charge in [0, 0.05) is 55.1 Å². The molecule has 33 heavy (non-hydrogen) atoms. The lowest BCUT2D eigenvalue weighted by molar-refractivity contribution is 0.174. The number of rotatable bonds is 5. The molecule has 0 spiro atoms. The SMILES string of the molecule is CN(C)c1cc(NC2CCC(NC(=O)Nc3ccc4c(c3)OCO4)CC2)nc2ccccc12. The van der Waals surface area contributed by atoms with E-state index in [0.29, 0.717) is 23.2 Å². The molecule has 1 aliphatic heterocycles. The van der Waals surface area contributed by atoms with Crippen LogP contribution in [0.1, 0.15) is 25.7 Å². The molecule has 8 nitrogen and oxygen atoms in total. The van der Waals surface area contributed by atoms with E-state index in [-0.39, 0.29) is 18.9 Å². The van der Waals surface area contributed by atoms with Gasteiger partial charge in [-0.15, -0.1) is 0 Å². The minimum absolute atomic E-state index is 0.152. The number of carbonyl (C=O) groups is 1. The van der Waals surface area contributed by atoms with Crippen molar-refractivity contribution in [2.45, 2.75) is 37.8 Å². The predicted molar refractivity (Wildman–Crippen MR) is 130 cm³/mol. The molecule has 2 amide bonds. The summed E-state index contributed by atoms with van der Waals surface area (Å²) in [6, 6.07) is 16.0. The summed E-state index contributed by atoms with van der Waals surface area (Å²) in [5.74, 6) is 2.25. The summed E-state index contributed by atoms with van der Waals surface area (Å²) in [5.41, 5.74) is 2.83. The number of fused-ring (bicyclic) bond motifs is 2. The lowest BCUT2D eigenvalue weighted by Crippen LogP contribution is -2.42. The molecule has 3 aromatic rings. The Labute approximate surface area is 193 Å². The third kappa shape index (κ3) is 4.74. The summed E-state index contributed by atoms with van der Waals surface area (Å²) in [4.78, 5) is 19.4. The second-order valence-electron chi connectivity index (χ2n) is 8.80. The predicted octanol–water partition coefficient (Wildman–Crippen LogP) is 4.57. The number of nitrogens with zero attached hydrogens (tertiary/aromatic N) is 2. The van der Waals surface area contributed by atoms with E-state index in [1.54, 1.807) is 12.1 Å². The number of amides is 2. The van der Waals surface area contributed by atoms with Gasteiger partial charge in [-0.1, -0.05) is 18.2 Å². The van der Waals surface area contributed by atoms with E-state index in [0.717, 1.165) is 48.1 Å². The van der Waals surface area contributed by atoms with Crippen LogP contribution in [0.5, 0.6) is 11.5 Å². The maximum atomic E-state index is 12.5. The first-order valence-electron chi connectivity index (χ1n) is 11.4. The van der Waals surface area contributed by atoms with Gasteiger partial charge in [0.05, 0.1) is 5.52 Å². The van der Waals surface area contributed by atoms with Crippen molar-refractivity contribution in [2.75, 3.05) is 36.4 Å². The highest BCUT2D eigenvalue weighted by Crippen LogP contribution is 2.34. The highest BCUT2D eigenvalue weighted by molar-refractivity contribution is 5.93. The van der Waals surface area contributed by atoms with Crippen LogP contribution in [0, 0.1) is 0 Å². The van der Waals surface area contributed by atoms with Crippen molar-refractivity contribution in [3.05, 3.63) is 48.5 Å². The molecule has 0 atom stereocenters. The van der Waals surface area contributed by atoms with Gasteiger partial charge in [0.2, 0.25) is 6.79 Å². The Hall–Kier alpha value is -3.68. The summed E-state index contributed by atoms with van der Waals surface area (Å²) < 4.78 is 10.7. The van der Waals surface area contributed by atoms with Gasteiger partial charge in [-0.2, -0.15) is 0 Å². The van der Waals surface area contributed by atoms with Gasteiger partial charge in [0.25, 0.3) is 0 Å². The van der Waals surface area contributed by atoms with E-state index < -0.39 is 0 Å². The van der Waals surface area contributed by atoms with Crippen LogP contribution in [0.4, 0.5) is 22.0 Å². The number of urea groups is 1. The van der Waals surface area contributed by atoms with Crippen molar-refractivity contribution < 1.29 is 14.3 Å². The minimum Gasteiger partial charge on any atom is -0.454 e. The molecule has 2 aromatic carbocycles. The number of pyridine rings is 1. The minimum atomic E-state index is -0.197. The zero-order chi connectivity index (χ0) is 22.8. The zero-order valence-electron chi connectivity index (χ0n) is 18.9. The van der Waals surface area contributed by atoms with Gasteiger partial charge in [-0.3, -0.25) is 0 Å². The van der Waals surface area contributed by atoms with Crippen LogP contribution in [0.15, 0.2) is 48.5 Å². The van der Waals surface area contributed by atoms with Crippen LogP contribution in [0.3, 0.4) is 0 Å². The third-order valence-corrected chi connectivity index (χ3v) is 6.22. The van der Waals surface area contributed by atoms with Gasteiger partial charge in [0.15, 0.2) is 11.5 Å². The molecular weight excluding hydrogens is 418 g/mol. The molecule has 1 saturated carbocycles. The average molecular weight is 448 g/mol. The maximum Gasteiger partial charge on any atom is 0.319 e. The molecule has 0 bridgehead atoms. The van der Waals surface area contributed by atoms with Gasteiger partial charge in [-0.25, -0.2) is 9.78 Å². The Bertz CT molecular complexity index is 1160. The zero-order valence-corrected chi connectivity index (χ0v) is 18.9. The Morgan fingerprint density at radius 1 is 0.970 bits per heavy atom. The first-order chi connectivity index (χ1) is 16.0. The largest absolute Gasteiger partial charge is 0.454 e. The van der Waals surface area contributed by atoms with Crippen LogP contribution in [-0.4, -0.2) is 44.0 Å². The van der Waals surface area contributed by atoms with Crippen molar-refractivity contribution in [1.82, 2.24) is 10.3 Å². The standard InChI is InChI=1S/C25H29N5O3/c1-30(2)21-14-24(29-20-6-4-3-5-19(20)21)26-16-7-9-17(10-8-16)27-25(31)28-18-11-12-22-23(13-18)33-15-32-22/h3-6,11-14,16-17H,7-10,15H2,1-2H3,(H,26,29)(H2,27,28,31). The van der Waals surface area contributed by atoms with E-state index in [9.17, 15) is 4.79 Å². The van der Waals surface area contributed by atoms with Crippen LogP contribution >= 0.6 is 0 Å². The molecular formula is C25H29N5O3. The molecule has 1 fully saturated rings. The fourth-order valence-electron chi connectivity index (χ4n) is 4.52. The number of hydrogen-bond acceptors (Lipinski definition) is 6. The van der Waals surface area contributed by atoms with Crippen molar-refractivity contribution in [3.8, 4) is 11.5 Å². The fraction of sp³-hybridized carbons (Fsp3) is 0.360. The summed E-state index contributed by atoms with van der Waals surface area (Å²) in [5, 5.41) is 10.7.